The Morgan fingerprint density at radius 3 is 2.38 bits per heavy atom. The number of rotatable bonds is 7. The quantitative estimate of drug-likeness (QED) is 0.304. The van der Waals surface area contributed by atoms with Crippen LogP contribution in [0.1, 0.15) is 40.9 Å². The molecule has 0 saturated carbocycles. The van der Waals surface area contributed by atoms with Crippen LogP contribution in [0, 0.1) is 6.92 Å². The fraction of sp³-hybridized carbons (Fsp3) is 0.391. The number of hydrogen-bond acceptors (Lipinski definition) is 2. The van der Waals surface area contributed by atoms with Crippen LogP contribution in [0.4, 0.5) is 0 Å². The van der Waals surface area contributed by atoms with Crippen LogP contribution in [0.15, 0.2) is 53.5 Å². The molecule has 158 valence electrons. The first-order valence-electron chi connectivity index (χ1n) is 9.68. The van der Waals surface area contributed by atoms with E-state index >= 15 is 0 Å². The molecule has 0 aliphatic heterocycles. The van der Waals surface area contributed by atoms with Gasteiger partial charge < -0.3 is 16.0 Å². The minimum absolute atomic E-state index is 0. The molecule has 0 heterocycles. The Bertz CT molecular complexity index is 816. The van der Waals surface area contributed by atoms with Gasteiger partial charge in [0, 0.05) is 38.2 Å². The Labute approximate surface area is 191 Å². The Morgan fingerprint density at radius 2 is 1.76 bits per heavy atom. The zero-order valence-electron chi connectivity index (χ0n) is 18.0. The normalized spacial score (nSPS) is 11.4. The van der Waals surface area contributed by atoms with Crippen LogP contribution in [-0.2, 0) is 11.8 Å². The molecule has 2 aromatic rings. The highest BCUT2D eigenvalue weighted by Gasteiger charge is 2.20. The summed E-state index contributed by atoms with van der Waals surface area (Å²) in [6, 6.07) is 16.4. The Kier molecular flexibility index (Phi) is 10.2. The lowest BCUT2D eigenvalue weighted by atomic mass is 9.84. The molecule has 0 saturated heterocycles. The maximum absolute atomic E-state index is 11.8. The highest BCUT2D eigenvalue weighted by Crippen LogP contribution is 2.22. The van der Waals surface area contributed by atoms with Gasteiger partial charge in [-0.2, -0.15) is 0 Å². The zero-order valence-corrected chi connectivity index (χ0v) is 20.3. The molecule has 0 atom stereocenters. The number of nitrogens with zero attached hydrogens (tertiary/aromatic N) is 1. The van der Waals surface area contributed by atoms with E-state index in [1.54, 1.807) is 14.1 Å². The van der Waals surface area contributed by atoms with Gasteiger partial charge in [0.05, 0.1) is 0 Å². The van der Waals surface area contributed by atoms with Crippen molar-refractivity contribution < 1.29 is 4.79 Å². The number of aliphatic imine (C=N–C) groups is 1. The van der Waals surface area contributed by atoms with E-state index in [9.17, 15) is 4.79 Å². The molecule has 0 aliphatic carbocycles. The van der Waals surface area contributed by atoms with E-state index in [1.807, 2.05) is 24.3 Å². The van der Waals surface area contributed by atoms with E-state index in [4.69, 9.17) is 0 Å². The number of aryl methyl sites for hydroxylation is 1. The predicted octanol–water partition coefficient (Wildman–Crippen LogP) is 3.66. The van der Waals surface area contributed by atoms with E-state index in [2.05, 4.69) is 66.0 Å². The summed E-state index contributed by atoms with van der Waals surface area (Å²) in [6.45, 7) is 8.07. The zero-order chi connectivity index (χ0) is 20.6. The van der Waals surface area contributed by atoms with Gasteiger partial charge in [-0.1, -0.05) is 55.8 Å². The molecule has 2 aromatic carbocycles. The lowest BCUT2D eigenvalue weighted by Crippen LogP contribution is -2.44. The van der Waals surface area contributed by atoms with E-state index in [-0.39, 0.29) is 35.3 Å². The van der Waals surface area contributed by atoms with Gasteiger partial charge in [0.15, 0.2) is 5.96 Å². The number of carbonyl (C=O) groups is 1. The standard InChI is InChI=1S/C23H32N4O.HI/c1-17-9-11-20(12-10-17)23(2,3)16-27-22(25-5)26-14-13-18-7-6-8-19(15-18)21(28)24-4;/h6-12,15H,13-14,16H2,1-5H3,(H,24,28)(H2,25,26,27);1H. The first-order valence-corrected chi connectivity index (χ1v) is 9.68. The van der Waals surface area contributed by atoms with Gasteiger partial charge in [-0.25, -0.2) is 0 Å². The van der Waals surface area contributed by atoms with Crippen LogP contribution in [0.5, 0.6) is 0 Å². The lowest BCUT2D eigenvalue weighted by molar-refractivity contribution is 0.0963. The van der Waals surface area contributed by atoms with Crippen LogP contribution < -0.4 is 16.0 Å². The number of guanidine groups is 1. The maximum atomic E-state index is 11.8. The molecule has 3 N–H and O–H groups in total. The van der Waals surface area contributed by atoms with Crippen LogP contribution >= 0.6 is 24.0 Å². The summed E-state index contributed by atoms with van der Waals surface area (Å²) >= 11 is 0. The summed E-state index contributed by atoms with van der Waals surface area (Å²) < 4.78 is 0. The summed E-state index contributed by atoms with van der Waals surface area (Å²) in [5, 5.41) is 9.43. The van der Waals surface area contributed by atoms with Gasteiger partial charge in [0.2, 0.25) is 0 Å². The first kappa shape index (κ1) is 24.9. The van der Waals surface area contributed by atoms with Gasteiger partial charge in [-0.3, -0.25) is 9.79 Å². The van der Waals surface area contributed by atoms with Crippen molar-refractivity contribution in [3.05, 3.63) is 70.8 Å². The minimum Gasteiger partial charge on any atom is -0.356 e. The summed E-state index contributed by atoms with van der Waals surface area (Å²) in [5.74, 6) is 0.716. The van der Waals surface area contributed by atoms with Crippen LogP contribution in [0.3, 0.4) is 0 Å². The SMILES string of the molecule is CN=C(NCCc1cccc(C(=O)NC)c1)NCC(C)(C)c1ccc(C)cc1.I. The number of halogens is 1. The second-order valence-corrected chi connectivity index (χ2v) is 7.63. The second-order valence-electron chi connectivity index (χ2n) is 7.63. The molecule has 6 heteroatoms. The third kappa shape index (κ3) is 7.68. The molecule has 0 bridgehead atoms. The van der Waals surface area contributed by atoms with Gasteiger partial charge in [0.25, 0.3) is 5.91 Å². The molecular formula is C23H33IN4O. The molecule has 0 aromatic heterocycles. The van der Waals surface area contributed by atoms with Gasteiger partial charge in [0.1, 0.15) is 0 Å². The molecule has 0 spiro atoms. The maximum Gasteiger partial charge on any atom is 0.251 e. The lowest BCUT2D eigenvalue weighted by Gasteiger charge is -2.27. The number of carbonyl (C=O) groups excluding carboxylic acids is 1. The molecule has 1 amide bonds. The van der Waals surface area contributed by atoms with Crippen molar-refractivity contribution in [3.63, 3.8) is 0 Å². The number of benzene rings is 2. The number of nitrogens with one attached hydrogen (secondary N) is 3. The van der Waals surface area contributed by atoms with Gasteiger partial charge in [-0.15, -0.1) is 24.0 Å². The monoisotopic (exact) mass is 508 g/mol. The molecule has 0 aliphatic rings. The summed E-state index contributed by atoms with van der Waals surface area (Å²) in [4.78, 5) is 16.1. The fourth-order valence-corrected chi connectivity index (χ4v) is 2.97. The summed E-state index contributed by atoms with van der Waals surface area (Å²) in [5.41, 5.74) is 4.36. The smallest absolute Gasteiger partial charge is 0.251 e. The predicted molar refractivity (Wildman–Crippen MR) is 133 cm³/mol. The van der Waals surface area contributed by atoms with E-state index in [0.717, 1.165) is 31.0 Å². The van der Waals surface area contributed by atoms with Crippen molar-refractivity contribution in [1.82, 2.24) is 16.0 Å². The average molecular weight is 508 g/mol. The Hall–Kier alpha value is -2.09. The second kappa shape index (κ2) is 11.8. The summed E-state index contributed by atoms with van der Waals surface area (Å²) in [7, 11) is 3.42. The topological polar surface area (TPSA) is 65.5 Å². The minimum atomic E-state index is -0.0642. The van der Waals surface area contributed by atoms with Crippen molar-refractivity contribution in [3.8, 4) is 0 Å². The van der Waals surface area contributed by atoms with Crippen LogP contribution in [0.25, 0.3) is 0 Å². The van der Waals surface area contributed by atoms with Crippen molar-refractivity contribution in [2.24, 2.45) is 4.99 Å². The van der Waals surface area contributed by atoms with E-state index in [0.29, 0.717) is 5.56 Å². The van der Waals surface area contributed by atoms with Gasteiger partial charge >= 0.3 is 0 Å². The van der Waals surface area contributed by atoms with Crippen molar-refractivity contribution in [2.45, 2.75) is 32.6 Å². The molecular weight excluding hydrogens is 475 g/mol. The van der Waals surface area contributed by atoms with E-state index < -0.39 is 0 Å². The third-order valence-electron chi connectivity index (χ3n) is 4.88. The first-order chi connectivity index (χ1) is 13.4. The fourth-order valence-electron chi connectivity index (χ4n) is 2.97. The average Bonchev–Trinajstić information content (AvgIpc) is 2.70. The number of amides is 1. The van der Waals surface area contributed by atoms with Gasteiger partial charge in [-0.05, 0) is 36.6 Å². The molecule has 29 heavy (non-hydrogen) atoms. The molecule has 5 nitrogen and oxygen atoms in total. The number of hydrogen-bond donors (Lipinski definition) is 3. The Morgan fingerprint density at radius 1 is 1.07 bits per heavy atom. The Balaban J connectivity index is 0.00000420. The van der Waals surface area contributed by atoms with Crippen LogP contribution in [-0.4, -0.2) is 39.1 Å². The summed E-state index contributed by atoms with van der Waals surface area (Å²) in [6.07, 6.45) is 0.812. The third-order valence-corrected chi connectivity index (χ3v) is 4.88. The molecule has 0 radical (unpaired) electrons. The molecule has 0 unspecified atom stereocenters. The van der Waals surface area contributed by atoms with Crippen molar-refractivity contribution >= 4 is 35.8 Å². The van der Waals surface area contributed by atoms with Crippen molar-refractivity contribution in [1.29, 1.82) is 0 Å². The molecule has 0 fully saturated rings. The highest BCUT2D eigenvalue weighted by atomic mass is 127. The highest BCUT2D eigenvalue weighted by molar-refractivity contribution is 14.0. The largest absolute Gasteiger partial charge is 0.356 e. The molecule has 2 rings (SSSR count). The van der Waals surface area contributed by atoms with E-state index in [1.165, 1.54) is 11.1 Å². The van der Waals surface area contributed by atoms with Crippen molar-refractivity contribution in [2.75, 3.05) is 27.2 Å². The van der Waals surface area contributed by atoms with Crippen LogP contribution in [0.2, 0.25) is 0 Å².